The number of hydrogen-bond acceptors (Lipinski definition) is 3. The Morgan fingerprint density at radius 3 is 2.69 bits per heavy atom. The zero-order valence-electron chi connectivity index (χ0n) is 17.4. The fourth-order valence-electron chi connectivity index (χ4n) is 3.84. The molecule has 2 aromatic rings. The van der Waals surface area contributed by atoms with E-state index < -0.39 is 0 Å². The van der Waals surface area contributed by atoms with Crippen LogP contribution in [0.2, 0.25) is 0 Å². The third-order valence-corrected chi connectivity index (χ3v) is 6.31. The molecule has 1 atom stereocenters. The maximum Gasteiger partial charge on any atom is 0.317 e. The van der Waals surface area contributed by atoms with Crippen molar-refractivity contribution in [3.05, 3.63) is 57.8 Å². The summed E-state index contributed by atoms with van der Waals surface area (Å²) in [7, 11) is 0. The summed E-state index contributed by atoms with van der Waals surface area (Å²) < 4.78 is 0. The molecule has 0 spiro atoms. The first-order valence-corrected chi connectivity index (χ1v) is 11.5. The maximum atomic E-state index is 13.3. The van der Waals surface area contributed by atoms with Crippen molar-refractivity contribution in [2.24, 2.45) is 0 Å². The Kier molecular flexibility index (Phi) is 7.69. The van der Waals surface area contributed by atoms with Crippen molar-refractivity contribution in [1.82, 2.24) is 15.1 Å². The van der Waals surface area contributed by atoms with Crippen LogP contribution in [0.3, 0.4) is 0 Å². The van der Waals surface area contributed by atoms with Crippen LogP contribution in [0.15, 0.2) is 41.8 Å². The Morgan fingerprint density at radius 2 is 1.97 bits per heavy atom. The van der Waals surface area contributed by atoms with Crippen molar-refractivity contribution >= 4 is 23.3 Å². The van der Waals surface area contributed by atoms with Gasteiger partial charge in [-0.15, -0.1) is 11.3 Å². The number of carbonyl (C=O) groups is 2. The maximum absolute atomic E-state index is 13.3. The second-order valence-electron chi connectivity index (χ2n) is 7.46. The van der Waals surface area contributed by atoms with Crippen molar-refractivity contribution in [1.29, 1.82) is 0 Å². The second-order valence-corrected chi connectivity index (χ2v) is 8.46. The van der Waals surface area contributed by atoms with Crippen LogP contribution in [0.5, 0.6) is 0 Å². The van der Waals surface area contributed by atoms with Crippen LogP contribution in [0.4, 0.5) is 4.79 Å². The smallest absolute Gasteiger partial charge is 0.317 e. The first kappa shape index (κ1) is 21.4. The molecule has 29 heavy (non-hydrogen) atoms. The van der Waals surface area contributed by atoms with E-state index in [0.717, 1.165) is 31.2 Å². The van der Waals surface area contributed by atoms with Gasteiger partial charge in [-0.05, 0) is 41.8 Å². The largest absolute Gasteiger partial charge is 0.338 e. The molecule has 1 aromatic heterocycles. The molecule has 0 unspecified atom stereocenters. The minimum Gasteiger partial charge on any atom is -0.338 e. The lowest BCUT2D eigenvalue weighted by molar-refractivity contribution is -0.133. The lowest BCUT2D eigenvalue weighted by Gasteiger charge is -2.37. The molecule has 0 bridgehead atoms. The van der Waals surface area contributed by atoms with Crippen LogP contribution >= 0.6 is 11.3 Å². The van der Waals surface area contributed by atoms with Crippen molar-refractivity contribution in [3.63, 3.8) is 0 Å². The average Bonchev–Trinajstić information content (AvgIpc) is 3.22. The first-order valence-electron chi connectivity index (χ1n) is 10.6. The molecule has 0 aliphatic carbocycles. The number of benzene rings is 1. The minimum atomic E-state index is -0.141. The lowest BCUT2D eigenvalue weighted by atomic mass is 9.93. The summed E-state index contributed by atoms with van der Waals surface area (Å²) in [6, 6.07) is 12.1. The number of nitrogens with zero attached hydrogens (tertiary/aromatic N) is 2. The molecule has 3 rings (SSSR count). The average molecular weight is 414 g/mol. The van der Waals surface area contributed by atoms with Gasteiger partial charge in [-0.2, -0.15) is 0 Å². The van der Waals surface area contributed by atoms with E-state index in [1.165, 1.54) is 10.4 Å². The highest BCUT2D eigenvalue weighted by Gasteiger charge is 2.33. The number of hydrogen-bond donors (Lipinski definition) is 1. The predicted octanol–water partition coefficient (Wildman–Crippen LogP) is 4.44. The highest BCUT2D eigenvalue weighted by Crippen LogP contribution is 2.37. The number of carbonyl (C=O) groups excluding carboxylic acids is 2. The summed E-state index contributed by atoms with van der Waals surface area (Å²) in [6.07, 6.45) is 3.68. The quantitative estimate of drug-likeness (QED) is 0.650. The fraction of sp³-hybridized carbons (Fsp3) is 0.478. The summed E-state index contributed by atoms with van der Waals surface area (Å²) in [5.74, 6) is 0.00907. The number of nitrogens with one attached hydrogen (secondary N) is 1. The van der Waals surface area contributed by atoms with E-state index in [2.05, 4.69) is 35.8 Å². The van der Waals surface area contributed by atoms with E-state index in [1.54, 1.807) is 16.2 Å². The Hall–Kier alpha value is -2.34. The summed E-state index contributed by atoms with van der Waals surface area (Å²) in [5, 5.41) is 5.06. The van der Waals surface area contributed by atoms with Crippen LogP contribution in [-0.2, 0) is 11.2 Å². The molecule has 0 radical (unpaired) electrons. The summed E-state index contributed by atoms with van der Waals surface area (Å²) >= 11 is 1.76. The van der Waals surface area contributed by atoms with Gasteiger partial charge < -0.3 is 15.1 Å². The summed E-state index contributed by atoms with van der Waals surface area (Å²) in [6.45, 7) is 6.16. The zero-order chi connectivity index (χ0) is 20.6. The molecule has 1 aliphatic heterocycles. The van der Waals surface area contributed by atoms with Crippen LogP contribution in [-0.4, -0.2) is 47.9 Å². The standard InChI is InChI=1S/C23H31N3O2S/c1-3-5-13-24-23(28)25(14-4-2)17-21(27)26-15-11-20-19(12-16-29-20)22(26)18-9-7-6-8-10-18/h6-10,12,16,22H,3-5,11,13-15,17H2,1-2H3,(H,24,28)/t22-/m0/s1. The van der Waals surface area contributed by atoms with Crippen molar-refractivity contribution in [2.45, 2.75) is 45.6 Å². The Bertz CT molecular complexity index is 805. The molecule has 0 saturated carbocycles. The van der Waals surface area contributed by atoms with Crippen LogP contribution < -0.4 is 5.32 Å². The molecule has 1 N–H and O–H groups in total. The normalized spacial score (nSPS) is 15.7. The zero-order valence-corrected chi connectivity index (χ0v) is 18.2. The molecule has 156 valence electrons. The minimum absolute atomic E-state index is 0.00907. The van der Waals surface area contributed by atoms with Gasteiger partial charge >= 0.3 is 6.03 Å². The van der Waals surface area contributed by atoms with Gasteiger partial charge in [0, 0.05) is 24.5 Å². The monoisotopic (exact) mass is 413 g/mol. The van der Waals surface area contributed by atoms with Gasteiger partial charge in [0.2, 0.25) is 5.91 Å². The van der Waals surface area contributed by atoms with Gasteiger partial charge in [0.1, 0.15) is 6.54 Å². The molecule has 1 aliphatic rings. The highest BCUT2D eigenvalue weighted by atomic mass is 32.1. The topological polar surface area (TPSA) is 52.7 Å². The van der Waals surface area contributed by atoms with Crippen molar-refractivity contribution < 1.29 is 9.59 Å². The van der Waals surface area contributed by atoms with E-state index in [0.29, 0.717) is 19.6 Å². The van der Waals surface area contributed by atoms with Gasteiger partial charge in [-0.25, -0.2) is 4.79 Å². The number of thiophene rings is 1. The number of fused-ring (bicyclic) bond motifs is 1. The molecule has 0 fully saturated rings. The van der Waals surface area contributed by atoms with E-state index in [9.17, 15) is 9.59 Å². The van der Waals surface area contributed by atoms with E-state index in [1.807, 2.05) is 30.0 Å². The van der Waals surface area contributed by atoms with E-state index in [-0.39, 0.29) is 24.5 Å². The molecule has 0 saturated heterocycles. The Morgan fingerprint density at radius 1 is 1.17 bits per heavy atom. The van der Waals surface area contributed by atoms with Gasteiger partial charge in [0.15, 0.2) is 0 Å². The molecule has 3 amide bonds. The van der Waals surface area contributed by atoms with E-state index in [4.69, 9.17) is 0 Å². The Labute approximate surface area is 177 Å². The summed E-state index contributed by atoms with van der Waals surface area (Å²) in [4.78, 5) is 30.9. The number of rotatable bonds is 8. The van der Waals surface area contributed by atoms with Gasteiger partial charge in [-0.1, -0.05) is 50.6 Å². The van der Waals surface area contributed by atoms with Crippen LogP contribution in [0.25, 0.3) is 0 Å². The molecule has 6 heteroatoms. The van der Waals surface area contributed by atoms with Crippen LogP contribution in [0.1, 0.15) is 55.2 Å². The number of amides is 3. The van der Waals surface area contributed by atoms with Crippen molar-refractivity contribution in [2.75, 3.05) is 26.2 Å². The third-order valence-electron chi connectivity index (χ3n) is 5.31. The predicted molar refractivity (Wildman–Crippen MR) is 118 cm³/mol. The molecule has 1 aromatic carbocycles. The second kappa shape index (κ2) is 10.4. The van der Waals surface area contributed by atoms with Crippen LogP contribution in [0, 0.1) is 0 Å². The highest BCUT2D eigenvalue weighted by molar-refractivity contribution is 7.10. The SMILES string of the molecule is CCCCNC(=O)N(CCC)CC(=O)N1CCc2sccc2[C@@H]1c1ccccc1. The third kappa shape index (κ3) is 5.18. The van der Waals surface area contributed by atoms with Gasteiger partial charge in [0.25, 0.3) is 0 Å². The number of unbranched alkanes of at least 4 members (excludes halogenated alkanes) is 1. The van der Waals surface area contributed by atoms with Crippen molar-refractivity contribution in [3.8, 4) is 0 Å². The summed E-state index contributed by atoms with van der Waals surface area (Å²) in [5.41, 5.74) is 2.34. The van der Waals surface area contributed by atoms with Gasteiger partial charge in [-0.3, -0.25) is 4.79 Å². The fourth-order valence-corrected chi connectivity index (χ4v) is 4.74. The first-order chi connectivity index (χ1) is 14.2. The molecule has 5 nitrogen and oxygen atoms in total. The molecular formula is C23H31N3O2S. The molecular weight excluding hydrogens is 382 g/mol. The Balaban J connectivity index is 1.78. The lowest BCUT2D eigenvalue weighted by Crippen LogP contribution is -2.49. The van der Waals surface area contributed by atoms with E-state index >= 15 is 0 Å². The van der Waals surface area contributed by atoms with Gasteiger partial charge in [0.05, 0.1) is 6.04 Å². The molecule has 2 heterocycles. The number of urea groups is 1.